The lowest BCUT2D eigenvalue weighted by Crippen LogP contribution is -2.19. The third-order valence-electron chi connectivity index (χ3n) is 3.12. The highest BCUT2D eigenvalue weighted by Crippen LogP contribution is 2.25. The van der Waals surface area contributed by atoms with Crippen molar-refractivity contribution in [2.24, 2.45) is 0 Å². The molecule has 3 N–H and O–H groups in total. The number of anilines is 2. The highest BCUT2D eigenvalue weighted by atomic mass is 16.2. The third kappa shape index (κ3) is 3.79. The van der Waals surface area contributed by atoms with Crippen molar-refractivity contribution < 1.29 is 9.59 Å². The molecule has 2 amide bonds. The molecule has 1 aromatic rings. The van der Waals surface area contributed by atoms with Crippen molar-refractivity contribution in [1.29, 1.82) is 0 Å². The molecular formula is C14H19N3O2. The maximum Gasteiger partial charge on any atom is 0.224 e. The van der Waals surface area contributed by atoms with E-state index in [-0.39, 0.29) is 11.8 Å². The quantitative estimate of drug-likeness (QED) is 0.704. The van der Waals surface area contributed by atoms with E-state index < -0.39 is 0 Å². The van der Waals surface area contributed by atoms with Gasteiger partial charge in [-0.15, -0.1) is 0 Å². The van der Waals surface area contributed by atoms with Gasteiger partial charge in [-0.05, 0) is 44.1 Å². The summed E-state index contributed by atoms with van der Waals surface area (Å²) in [4.78, 5) is 23.0. The standard InChI is InChI=1S/C14H19N3O2/c1-15-8-2-3-13(18)16-11-6-4-10-5-7-14(19)17-12(10)9-11/h4,6,9,15H,2-3,5,7-8H2,1H3,(H,16,18)(H,17,19). The molecule has 19 heavy (non-hydrogen) atoms. The summed E-state index contributed by atoms with van der Waals surface area (Å²) in [5.74, 6) is 0.0299. The van der Waals surface area contributed by atoms with Crippen LogP contribution < -0.4 is 16.0 Å². The van der Waals surface area contributed by atoms with Crippen LogP contribution in [0.5, 0.6) is 0 Å². The van der Waals surface area contributed by atoms with E-state index in [1.54, 1.807) is 0 Å². The number of hydrogen-bond acceptors (Lipinski definition) is 3. The van der Waals surface area contributed by atoms with E-state index in [0.29, 0.717) is 12.8 Å². The van der Waals surface area contributed by atoms with Crippen LogP contribution in [0.1, 0.15) is 24.8 Å². The largest absolute Gasteiger partial charge is 0.326 e. The van der Waals surface area contributed by atoms with Crippen LogP contribution in [0.2, 0.25) is 0 Å². The molecule has 5 heteroatoms. The molecule has 1 aromatic carbocycles. The second kappa shape index (κ2) is 6.33. The van der Waals surface area contributed by atoms with E-state index in [1.165, 1.54) is 0 Å². The van der Waals surface area contributed by atoms with Crippen LogP contribution in [0.4, 0.5) is 11.4 Å². The average Bonchev–Trinajstić information content (AvgIpc) is 2.38. The van der Waals surface area contributed by atoms with Gasteiger partial charge in [0, 0.05) is 24.2 Å². The first-order chi connectivity index (χ1) is 9.19. The fourth-order valence-corrected chi connectivity index (χ4v) is 2.10. The molecule has 1 heterocycles. The molecule has 0 unspecified atom stereocenters. The Morgan fingerprint density at radius 1 is 1.37 bits per heavy atom. The SMILES string of the molecule is CNCCCC(=O)Nc1ccc2c(c1)NC(=O)CC2. The minimum atomic E-state index is -0.00247. The minimum Gasteiger partial charge on any atom is -0.326 e. The summed E-state index contributed by atoms with van der Waals surface area (Å²) in [5.41, 5.74) is 2.66. The van der Waals surface area contributed by atoms with Crippen LogP contribution in [0.3, 0.4) is 0 Å². The lowest BCUT2D eigenvalue weighted by atomic mass is 10.0. The Morgan fingerprint density at radius 3 is 3.00 bits per heavy atom. The Labute approximate surface area is 112 Å². The van der Waals surface area contributed by atoms with Crippen molar-refractivity contribution in [3.05, 3.63) is 23.8 Å². The van der Waals surface area contributed by atoms with Crippen LogP contribution in [-0.4, -0.2) is 25.4 Å². The number of hydrogen-bond donors (Lipinski definition) is 3. The van der Waals surface area contributed by atoms with Gasteiger partial charge in [0.1, 0.15) is 0 Å². The second-order valence-corrected chi connectivity index (χ2v) is 4.68. The Balaban J connectivity index is 1.96. The number of amides is 2. The van der Waals surface area contributed by atoms with Crippen molar-refractivity contribution in [2.75, 3.05) is 24.2 Å². The van der Waals surface area contributed by atoms with Gasteiger partial charge < -0.3 is 16.0 Å². The number of carbonyl (C=O) groups is 2. The molecule has 102 valence electrons. The van der Waals surface area contributed by atoms with Crippen LogP contribution >= 0.6 is 0 Å². The number of rotatable bonds is 5. The molecule has 0 fully saturated rings. The highest BCUT2D eigenvalue weighted by Gasteiger charge is 2.15. The zero-order valence-corrected chi connectivity index (χ0v) is 11.1. The van der Waals surface area contributed by atoms with Gasteiger partial charge in [0.05, 0.1) is 0 Å². The summed E-state index contributed by atoms with van der Waals surface area (Å²) < 4.78 is 0. The molecule has 0 aromatic heterocycles. The lowest BCUT2D eigenvalue weighted by molar-refractivity contribution is -0.117. The normalized spacial score (nSPS) is 13.6. The first-order valence-corrected chi connectivity index (χ1v) is 6.56. The van der Waals surface area contributed by atoms with Crippen molar-refractivity contribution in [3.8, 4) is 0 Å². The molecule has 0 aliphatic carbocycles. The fraction of sp³-hybridized carbons (Fsp3) is 0.429. The van der Waals surface area contributed by atoms with Crippen LogP contribution in [0.25, 0.3) is 0 Å². The molecule has 0 atom stereocenters. The van der Waals surface area contributed by atoms with E-state index in [2.05, 4.69) is 16.0 Å². The number of carbonyl (C=O) groups excluding carboxylic acids is 2. The molecule has 2 rings (SSSR count). The summed E-state index contributed by atoms with van der Waals surface area (Å²) in [6, 6.07) is 5.66. The van der Waals surface area contributed by atoms with E-state index in [1.807, 2.05) is 25.2 Å². The third-order valence-corrected chi connectivity index (χ3v) is 3.12. The van der Waals surface area contributed by atoms with Crippen LogP contribution in [0.15, 0.2) is 18.2 Å². The Morgan fingerprint density at radius 2 is 2.21 bits per heavy atom. The van der Waals surface area contributed by atoms with Crippen molar-refractivity contribution in [1.82, 2.24) is 5.32 Å². The van der Waals surface area contributed by atoms with Crippen molar-refractivity contribution in [2.45, 2.75) is 25.7 Å². The first-order valence-electron chi connectivity index (χ1n) is 6.56. The monoisotopic (exact) mass is 261 g/mol. The summed E-state index contributed by atoms with van der Waals surface area (Å²) in [6.07, 6.45) is 2.59. The smallest absolute Gasteiger partial charge is 0.224 e. The molecule has 1 aliphatic heterocycles. The van der Waals surface area contributed by atoms with Gasteiger partial charge in [-0.25, -0.2) is 0 Å². The summed E-state index contributed by atoms with van der Waals surface area (Å²) in [6.45, 7) is 0.827. The molecule has 0 saturated heterocycles. The molecule has 1 aliphatic rings. The molecule has 0 bridgehead atoms. The molecule has 0 radical (unpaired) electrons. The van der Waals surface area contributed by atoms with Gasteiger partial charge in [-0.2, -0.15) is 0 Å². The van der Waals surface area contributed by atoms with E-state index >= 15 is 0 Å². The van der Waals surface area contributed by atoms with Gasteiger partial charge in [0.25, 0.3) is 0 Å². The number of fused-ring (bicyclic) bond motifs is 1. The van der Waals surface area contributed by atoms with Gasteiger partial charge in [-0.3, -0.25) is 9.59 Å². The number of benzene rings is 1. The summed E-state index contributed by atoms with van der Waals surface area (Å²) in [5, 5.41) is 8.68. The number of aryl methyl sites for hydroxylation is 1. The molecule has 0 saturated carbocycles. The molecular weight excluding hydrogens is 242 g/mol. The van der Waals surface area contributed by atoms with E-state index in [4.69, 9.17) is 0 Å². The van der Waals surface area contributed by atoms with Gasteiger partial charge >= 0.3 is 0 Å². The van der Waals surface area contributed by atoms with Crippen molar-refractivity contribution >= 4 is 23.2 Å². The zero-order chi connectivity index (χ0) is 13.7. The predicted octanol–water partition coefficient (Wildman–Crippen LogP) is 1.51. The number of nitrogens with one attached hydrogen (secondary N) is 3. The molecule has 0 spiro atoms. The van der Waals surface area contributed by atoms with E-state index in [0.717, 1.165) is 36.3 Å². The summed E-state index contributed by atoms with van der Waals surface area (Å²) in [7, 11) is 1.87. The Kier molecular flexibility index (Phi) is 4.52. The topological polar surface area (TPSA) is 70.2 Å². The minimum absolute atomic E-state index is 0.00247. The van der Waals surface area contributed by atoms with Gasteiger partial charge in [-0.1, -0.05) is 6.07 Å². The Hall–Kier alpha value is -1.88. The lowest BCUT2D eigenvalue weighted by Gasteiger charge is -2.17. The van der Waals surface area contributed by atoms with E-state index in [9.17, 15) is 9.59 Å². The average molecular weight is 261 g/mol. The molecule has 5 nitrogen and oxygen atoms in total. The zero-order valence-electron chi connectivity index (χ0n) is 11.1. The summed E-state index contributed by atoms with van der Waals surface area (Å²) >= 11 is 0. The highest BCUT2D eigenvalue weighted by molar-refractivity contribution is 5.96. The van der Waals surface area contributed by atoms with Crippen molar-refractivity contribution in [3.63, 3.8) is 0 Å². The maximum atomic E-state index is 11.7. The fourth-order valence-electron chi connectivity index (χ4n) is 2.10. The predicted molar refractivity (Wildman–Crippen MR) is 75.2 cm³/mol. The Bertz CT molecular complexity index is 486. The first kappa shape index (κ1) is 13.5. The van der Waals surface area contributed by atoms with Crippen LogP contribution in [0, 0.1) is 0 Å². The maximum absolute atomic E-state index is 11.7. The van der Waals surface area contributed by atoms with Gasteiger partial charge in [0.15, 0.2) is 0 Å². The van der Waals surface area contributed by atoms with Gasteiger partial charge in [0.2, 0.25) is 11.8 Å². The second-order valence-electron chi connectivity index (χ2n) is 4.68. The van der Waals surface area contributed by atoms with Crippen LogP contribution in [-0.2, 0) is 16.0 Å².